The average molecular weight is 855 g/mol. The van der Waals surface area contributed by atoms with E-state index in [4.69, 9.17) is 4.74 Å². The van der Waals surface area contributed by atoms with Gasteiger partial charge in [0.2, 0.25) is 0 Å². The van der Waals surface area contributed by atoms with E-state index < -0.39 is 0 Å². The molecule has 9 aromatic carbocycles. The summed E-state index contributed by atoms with van der Waals surface area (Å²) in [6, 6.07) is 74.1. The molecule has 0 N–H and O–H groups in total. The number of aromatic nitrogens is 2. The van der Waals surface area contributed by atoms with Crippen LogP contribution in [0.4, 0.5) is 0 Å². The minimum atomic E-state index is 0.0799. The van der Waals surface area contributed by atoms with E-state index >= 15 is 0 Å². The first-order chi connectivity index (χ1) is 31.9. The van der Waals surface area contributed by atoms with Gasteiger partial charge in [0, 0.05) is 32.9 Å². The van der Waals surface area contributed by atoms with Crippen LogP contribution in [0.1, 0.15) is 52.7 Å². The standard InChI is InChI=1S/C63H54N2O/c1-62(2,3)45-25-29-47(30-26-45)64-58-19-13-11-17-50(58)56-37-43(23-35-60(56)64)54-40-53(42-21-33-49(66-7)34-22-42)55(39-52(54)41-15-9-8-10-16-41)44-24-36-61-57(38-44)51-18-12-14-20-59(51)65(61)48-31-27-46(28-32-48)63(4,5)6/h8-40H,1-7H3. The molecule has 0 radical (unpaired) electrons. The molecule has 66 heavy (non-hydrogen) atoms. The van der Waals surface area contributed by atoms with E-state index in [2.05, 4.69) is 251 Å². The number of nitrogens with zero attached hydrogens (tertiary/aromatic N) is 2. The zero-order valence-electron chi connectivity index (χ0n) is 38.9. The van der Waals surface area contributed by atoms with Crippen LogP contribution < -0.4 is 4.74 Å². The molecule has 11 rings (SSSR count). The molecule has 0 unspecified atom stereocenters. The normalized spacial score (nSPS) is 12.2. The molecule has 0 bridgehead atoms. The largest absolute Gasteiger partial charge is 0.497 e. The minimum Gasteiger partial charge on any atom is -0.497 e. The first-order valence-electron chi connectivity index (χ1n) is 23.1. The van der Waals surface area contributed by atoms with Gasteiger partial charge in [0.25, 0.3) is 0 Å². The second-order valence-corrected chi connectivity index (χ2v) is 19.8. The monoisotopic (exact) mass is 854 g/mol. The molecule has 2 heterocycles. The average Bonchev–Trinajstić information content (AvgIpc) is 3.85. The summed E-state index contributed by atoms with van der Waals surface area (Å²) in [4.78, 5) is 0. The van der Waals surface area contributed by atoms with E-state index in [0.29, 0.717) is 0 Å². The van der Waals surface area contributed by atoms with Gasteiger partial charge in [-0.05, 0) is 151 Å². The molecule has 0 saturated heterocycles. The van der Waals surface area contributed by atoms with Crippen LogP contribution in [0.15, 0.2) is 200 Å². The summed E-state index contributed by atoms with van der Waals surface area (Å²) in [6.07, 6.45) is 0. The fourth-order valence-corrected chi connectivity index (χ4v) is 10.0. The van der Waals surface area contributed by atoms with E-state index in [1.165, 1.54) is 88.1 Å². The van der Waals surface area contributed by atoms with Crippen molar-refractivity contribution in [3.8, 4) is 61.6 Å². The molecular formula is C63H54N2O. The van der Waals surface area contributed by atoms with E-state index in [0.717, 1.165) is 28.3 Å². The van der Waals surface area contributed by atoms with E-state index in [1.807, 2.05) is 0 Å². The fraction of sp³-hybridized carbons (Fsp3) is 0.143. The highest BCUT2D eigenvalue weighted by molar-refractivity contribution is 6.13. The van der Waals surface area contributed by atoms with Gasteiger partial charge in [-0.1, -0.05) is 157 Å². The van der Waals surface area contributed by atoms with Gasteiger partial charge in [-0.2, -0.15) is 0 Å². The molecule has 0 aliphatic heterocycles. The Balaban J connectivity index is 1.13. The summed E-state index contributed by atoms with van der Waals surface area (Å²) >= 11 is 0. The number of fused-ring (bicyclic) bond motifs is 6. The molecule has 0 spiro atoms. The number of hydrogen-bond donors (Lipinski definition) is 0. The van der Waals surface area contributed by atoms with Crippen molar-refractivity contribution in [1.29, 1.82) is 0 Å². The molecule has 3 nitrogen and oxygen atoms in total. The van der Waals surface area contributed by atoms with Crippen LogP contribution >= 0.6 is 0 Å². The third-order valence-electron chi connectivity index (χ3n) is 13.6. The van der Waals surface area contributed by atoms with Crippen molar-refractivity contribution in [3.05, 3.63) is 211 Å². The summed E-state index contributed by atoms with van der Waals surface area (Å²) in [7, 11) is 1.73. The van der Waals surface area contributed by atoms with Crippen molar-refractivity contribution in [3.63, 3.8) is 0 Å². The molecule has 2 aromatic heterocycles. The molecule has 0 fully saturated rings. The lowest BCUT2D eigenvalue weighted by atomic mass is 9.85. The number of para-hydroxylation sites is 2. The second-order valence-electron chi connectivity index (χ2n) is 19.8. The van der Waals surface area contributed by atoms with Gasteiger partial charge >= 0.3 is 0 Å². The van der Waals surface area contributed by atoms with Gasteiger partial charge in [0.15, 0.2) is 0 Å². The van der Waals surface area contributed by atoms with Gasteiger partial charge in [0.05, 0.1) is 29.2 Å². The lowest BCUT2D eigenvalue weighted by Crippen LogP contribution is -2.10. The number of hydrogen-bond acceptors (Lipinski definition) is 1. The Morgan fingerprint density at radius 2 is 0.682 bits per heavy atom. The topological polar surface area (TPSA) is 19.1 Å². The molecule has 3 heteroatoms. The van der Waals surface area contributed by atoms with Crippen molar-refractivity contribution < 1.29 is 4.74 Å². The molecule has 0 amide bonds. The van der Waals surface area contributed by atoms with Gasteiger partial charge in [-0.15, -0.1) is 0 Å². The second kappa shape index (κ2) is 15.8. The van der Waals surface area contributed by atoms with E-state index in [9.17, 15) is 0 Å². The zero-order valence-corrected chi connectivity index (χ0v) is 38.9. The van der Waals surface area contributed by atoms with E-state index in [-0.39, 0.29) is 10.8 Å². The van der Waals surface area contributed by atoms with Crippen LogP contribution in [0.2, 0.25) is 0 Å². The van der Waals surface area contributed by atoms with Crippen LogP contribution in [0.3, 0.4) is 0 Å². The maximum Gasteiger partial charge on any atom is 0.118 e. The predicted octanol–water partition coefficient (Wildman–Crippen LogP) is 17.2. The molecule has 0 aliphatic rings. The van der Waals surface area contributed by atoms with Crippen molar-refractivity contribution in [2.45, 2.75) is 52.4 Å². The quantitative estimate of drug-likeness (QED) is 0.156. The zero-order chi connectivity index (χ0) is 45.3. The SMILES string of the molecule is COc1ccc(-c2cc(-c3ccc4c(c3)c3ccccc3n4-c3ccc(C(C)(C)C)cc3)c(-c3ccccc3)cc2-c2ccc3c(c2)c2ccccc2n3-c2ccc(C(C)(C)C)cc2)cc1. The van der Waals surface area contributed by atoms with E-state index in [1.54, 1.807) is 7.11 Å². The maximum absolute atomic E-state index is 5.67. The van der Waals surface area contributed by atoms with Crippen molar-refractivity contribution in [2.24, 2.45) is 0 Å². The lowest BCUT2D eigenvalue weighted by Gasteiger charge is -2.20. The maximum atomic E-state index is 5.67. The Kier molecular flexibility index (Phi) is 9.85. The Labute approximate surface area is 388 Å². The summed E-state index contributed by atoms with van der Waals surface area (Å²) in [5.74, 6) is 0.834. The lowest BCUT2D eigenvalue weighted by molar-refractivity contribution is 0.415. The molecule has 11 aromatic rings. The smallest absolute Gasteiger partial charge is 0.118 e. The number of rotatable bonds is 7. The minimum absolute atomic E-state index is 0.0799. The number of benzene rings is 9. The third-order valence-corrected chi connectivity index (χ3v) is 13.6. The van der Waals surface area contributed by atoms with Gasteiger partial charge in [-0.25, -0.2) is 0 Å². The number of methoxy groups -OCH3 is 1. The Bertz CT molecular complexity index is 3590. The van der Waals surface area contributed by atoms with Gasteiger partial charge in [0.1, 0.15) is 5.75 Å². The molecule has 0 atom stereocenters. The Morgan fingerprint density at radius 3 is 1.11 bits per heavy atom. The van der Waals surface area contributed by atoms with Crippen LogP contribution in [-0.2, 0) is 10.8 Å². The summed E-state index contributed by atoms with van der Waals surface area (Å²) in [5, 5.41) is 4.92. The van der Waals surface area contributed by atoms with Crippen LogP contribution in [0.25, 0.3) is 99.5 Å². The number of ether oxygens (including phenoxy) is 1. The van der Waals surface area contributed by atoms with Gasteiger partial charge < -0.3 is 13.9 Å². The summed E-state index contributed by atoms with van der Waals surface area (Å²) < 4.78 is 10.5. The Morgan fingerprint density at radius 1 is 0.318 bits per heavy atom. The van der Waals surface area contributed by atoms with Crippen LogP contribution in [-0.4, -0.2) is 16.2 Å². The summed E-state index contributed by atoms with van der Waals surface area (Å²) in [6.45, 7) is 13.6. The first kappa shape index (κ1) is 41.1. The molecule has 322 valence electrons. The molecule has 0 saturated carbocycles. The highest BCUT2D eigenvalue weighted by Crippen LogP contribution is 2.46. The first-order valence-corrected chi connectivity index (χ1v) is 23.1. The molecule has 0 aliphatic carbocycles. The fourth-order valence-electron chi connectivity index (χ4n) is 10.0. The van der Waals surface area contributed by atoms with Gasteiger partial charge in [-0.3, -0.25) is 0 Å². The van der Waals surface area contributed by atoms with Crippen LogP contribution in [0.5, 0.6) is 5.75 Å². The van der Waals surface area contributed by atoms with Crippen molar-refractivity contribution in [1.82, 2.24) is 9.13 Å². The van der Waals surface area contributed by atoms with Crippen molar-refractivity contribution >= 4 is 43.6 Å². The third kappa shape index (κ3) is 7.07. The molecular weight excluding hydrogens is 801 g/mol. The highest BCUT2D eigenvalue weighted by Gasteiger charge is 2.22. The Hall–Kier alpha value is -7.62. The predicted molar refractivity (Wildman–Crippen MR) is 281 cm³/mol. The van der Waals surface area contributed by atoms with Crippen molar-refractivity contribution in [2.75, 3.05) is 7.11 Å². The summed E-state index contributed by atoms with van der Waals surface area (Å²) in [5.41, 5.74) is 19.3. The highest BCUT2D eigenvalue weighted by atomic mass is 16.5. The van der Waals surface area contributed by atoms with Crippen LogP contribution in [0, 0.1) is 0 Å².